The maximum atomic E-state index is 12.2. The summed E-state index contributed by atoms with van der Waals surface area (Å²) >= 11 is 3.56. The number of ether oxygens (including phenoxy) is 1. The van der Waals surface area contributed by atoms with Gasteiger partial charge in [-0.15, -0.1) is 0 Å². The van der Waals surface area contributed by atoms with Crippen molar-refractivity contribution >= 4 is 33.4 Å². The highest BCUT2D eigenvalue weighted by Crippen LogP contribution is 2.30. The Kier molecular flexibility index (Phi) is 8.46. The smallest absolute Gasteiger partial charge is 0.412 e. The molecule has 1 heterocycles. The van der Waals surface area contributed by atoms with Crippen LogP contribution in [0.3, 0.4) is 0 Å². The van der Waals surface area contributed by atoms with Crippen LogP contribution in [-0.4, -0.2) is 41.8 Å². The Morgan fingerprint density at radius 2 is 1.63 bits per heavy atom. The van der Waals surface area contributed by atoms with Gasteiger partial charge in [0.25, 0.3) is 0 Å². The minimum Gasteiger partial charge on any atom is -0.444 e. The summed E-state index contributed by atoms with van der Waals surface area (Å²) in [5, 5.41) is 6.58. The molecule has 1 aromatic carbocycles. The SMILES string of the molecule is CC(C)(C)OC(=O)Nc1ccc(Br)cc1NC1CCN(C2CCCCCCC2)CC1. The van der Waals surface area contributed by atoms with Gasteiger partial charge in [-0.2, -0.15) is 0 Å². The van der Waals surface area contributed by atoms with Crippen molar-refractivity contribution in [1.82, 2.24) is 4.90 Å². The molecule has 0 atom stereocenters. The number of carbonyl (C=O) groups excluding carboxylic acids is 1. The second kappa shape index (κ2) is 10.9. The number of hydrogen-bond donors (Lipinski definition) is 2. The zero-order chi connectivity index (χ0) is 21.6. The number of piperidine rings is 1. The van der Waals surface area contributed by atoms with E-state index in [1.807, 2.05) is 39.0 Å². The van der Waals surface area contributed by atoms with E-state index in [-0.39, 0.29) is 0 Å². The largest absolute Gasteiger partial charge is 0.444 e. The van der Waals surface area contributed by atoms with E-state index in [1.54, 1.807) is 0 Å². The lowest BCUT2D eigenvalue weighted by Crippen LogP contribution is -2.44. The molecule has 0 spiro atoms. The monoisotopic (exact) mass is 479 g/mol. The van der Waals surface area contributed by atoms with Crippen LogP contribution in [0.15, 0.2) is 22.7 Å². The van der Waals surface area contributed by atoms with Crippen molar-refractivity contribution < 1.29 is 9.53 Å². The third kappa shape index (κ3) is 7.45. The van der Waals surface area contributed by atoms with Crippen LogP contribution >= 0.6 is 15.9 Å². The maximum absolute atomic E-state index is 12.2. The summed E-state index contributed by atoms with van der Waals surface area (Å²) in [5.41, 5.74) is 1.19. The average molecular weight is 480 g/mol. The summed E-state index contributed by atoms with van der Waals surface area (Å²) in [6.07, 6.45) is 11.6. The lowest BCUT2D eigenvalue weighted by molar-refractivity contribution is 0.0636. The molecule has 1 aromatic rings. The fraction of sp³-hybridized carbons (Fsp3) is 0.708. The molecule has 1 saturated carbocycles. The molecule has 5 nitrogen and oxygen atoms in total. The van der Waals surface area contributed by atoms with E-state index in [0.717, 1.165) is 47.8 Å². The Balaban J connectivity index is 1.56. The van der Waals surface area contributed by atoms with E-state index in [4.69, 9.17) is 4.74 Å². The van der Waals surface area contributed by atoms with E-state index >= 15 is 0 Å². The number of nitrogens with zero attached hydrogens (tertiary/aromatic N) is 1. The minimum absolute atomic E-state index is 0.420. The van der Waals surface area contributed by atoms with Gasteiger partial charge in [-0.05, 0) is 64.7 Å². The van der Waals surface area contributed by atoms with Crippen LogP contribution in [0.1, 0.15) is 78.6 Å². The van der Waals surface area contributed by atoms with Crippen LogP contribution in [0, 0.1) is 0 Å². The zero-order valence-corrected chi connectivity index (χ0v) is 20.4. The van der Waals surface area contributed by atoms with Gasteiger partial charge in [0.15, 0.2) is 0 Å². The van der Waals surface area contributed by atoms with Crippen molar-refractivity contribution in [1.29, 1.82) is 0 Å². The average Bonchev–Trinajstić information content (AvgIpc) is 2.63. The van der Waals surface area contributed by atoms with E-state index in [0.29, 0.717) is 6.04 Å². The summed E-state index contributed by atoms with van der Waals surface area (Å²) in [7, 11) is 0. The second-order valence-electron chi connectivity index (χ2n) is 9.77. The van der Waals surface area contributed by atoms with Gasteiger partial charge in [-0.25, -0.2) is 4.79 Å². The molecule has 6 heteroatoms. The third-order valence-electron chi connectivity index (χ3n) is 6.10. The van der Waals surface area contributed by atoms with Gasteiger partial charge >= 0.3 is 6.09 Å². The molecule has 2 N–H and O–H groups in total. The number of hydrogen-bond acceptors (Lipinski definition) is 4. The Hall–Kier alpha value is -1.27. The van der Waals surface area contributed by atoms with Gasteiger partial charge in [0.1, 0.15) is 5.60 Å². The number of halogens is 1. The summed E-state index contributed by atoms with van der Waals surface area (Å²) < 4.78 is 6.41. The van der Waals surface area contributed by atoms with Gasteiger partial charge in [-0.1, -0.05) is 48.0 Å². The van der Waals surface area contributed by atoms with Crippen molar-refractivity contribution in [2.75, 3.05) is 23.7 Å². The molecular weight excluding hydrogens is 442 g/mol. The molecule has 0 radical (unpaired) electrons. The Morgan fingerprint density at radius 1 is 1.00 bits per heavy atom. The van der Waals surface area contributed by atoms with Crippen molar-refractivity contribution in [2.24, 2.45) is 0 Å². The first-order valence-electron chi connectivity index (χ1n) is 11.6. The molecule has 0 aromatic heterocycles. The molecular formula is C24H38BrN3O2. The zero-order valence-electron chi connectivity index (χ0n) is 18.8. The molecule has 3 rings (SSSR count). The first-order chi connectivity index (χ1) is 14.3. The lowest BCUT2D eigenvalue weighted by atomic mass is 9.93. The number of rotatable bonds is 4. The lowest BCUT2D eigenvalue weighted by Gasteiger charge is -2.39. The first kappa shape index (κ1) is 23.4. The highest BCUT2D eigenvalue weighted by Gasteiger charge is 2.26. The molecule has 2 fully saturated rings. The summed E-state index contributed by atoms with van der Waals surface area (Å²) in [6.45, 7) is 7.93. The molecule has 168 valence electrons. The molecule has 1 aliphatic heterocycles. The minimum atomic E-state index is -0.517. The normalized spacial score (nSPS) is 20.3. The van der Waals surface area contributed by atoms with Gasteiger partial charge in [-0.3, -0.25) is 5.32 Å². The fourth-order valence-electron chi connectivity index (χ4n) is 4.59. The summed E-state index contributed by atoms with van der Waals surface area (Å²) in [5.74, 6) is 0. The van der Waals surface area contributed by atoms with Gasteiger partial charge < -0.3 is 15.0 Å². The highest BCUT2D eigenvalue weighted by atomic mass is 79.9. The van der Waals surface area contributed by atoms with E-state index in [2.05, 4.69) is 31.5 Å². The van der Waals surface area contributed by atoms with Gasteiger partial charge in [0.2, 0.25) is 0 Å². The van der Waals surface area contributed by atoms with E-state index in [9.17, 15) is 4.79 Å². The van der Waals surface area contributed by atoms with Crippen molar-refractivity contribution in [3.05, 3.63) is 22.7 Å². The Labute approximate surface area is 190 Å². The van der Waals surface area contributed by atoms with Crippen molar-refractivity contribution in [3.8, 4) is 0 Å². The van der Waals surface area contributed by atoms with Crippen molar-refractivity contribution in [3.63, 3.8) is 0 Å². The third-order valence-corrected chi connectivity index (χ3v) is 6.59. The van der Waals surface area contributed by atoms with Crippen LogP contribution in [0.25, 0.3) is 0 Å². The first-order valence-corrected chi connectivity index (χ1v) is 12.4. The standard InChI is InChI=1S/C24H38BrN3O2/c1-24(2,3)30-23(29)27-21-12-11-18(25)17-22(21)26-19-13-15-28(16-14-19)20-9-7-5-4-6-8-10-20/h11-12,17,19-20,26H,4-10,13-16H2,1-3H3,(H,27,29). The van der Waals surface area contributed by atoms with E-state index < -0.39 is 11.7 Å². The molecule has 0 bridgehead atoms. The number of carbonyl (C=O) groups is 1. The number of nitrogens with one attached hydrogen (secondary N) is 2. The summed E-state index contributed by atoms with van der Waals surface area (Å²) in [4.78, 5) is 15.0. The fourth-order valence-corrected chi connectivity index (χ4v) is 4.95. The quantitative estimate of drug-likeness (QED) is 0.499. The topological polar surface area (TPSA) is 53.6 Å². The number of likely N-dealkylation sites (tertiary alicyclic amines) is 1. The van der Waals surface area contributed by atoms with Gasteiger partial charge in [0.05, 0.1) is 11.4 Å². The number of benzene rings is 1. The predicted molar refractivity (Wildman–Crippen MR) is 128 cm³/mol. The molecule has 1 saturated heterocycles. The number of amides is 1. The van der Waals surface area contributed by atoms with E-state index in [1.165, 1.54) is 44.9 Å². The number of anilines is 2. The van der Waals surface area contributed by atoms with Crippen LogP contribution in [0.4, 0.5) is 16.2 Å². The van der Waals surface area contributed by atoms with Gasteiger partial charge in [0, 0.05) is 29.6 Å². The molecule has 1 aliphatic carbocycles. The maximum Gasteiger partial charge on any atom is 0.412 e. The molecule has 2 aliphatic rings. The molecule has 30 heavy (non-hydrogen) atoms. The molecule has 0 unspecified atom stereocenters. The predicted octanol–water partition coefficient (Wildman–Crippen LogP) is 6.79. The molecule has 1 amide bonds. The summed E-state index contributed by atoms with van der Waals surface area (Å²) in [6, 6.07) is 7.09. The van der Waals surface area contributed by atoms with Crippen LogP contribution < -0.4 is 10.6 Å². The second-order valence-corrected chi connectivity index (χ2v) is 10.7. The Morgan fingerprint density at radius 3 is 2.27 bits per heavy atom. The van der Waals surface area contributed by atoms with Crippen LogP contribution in [0.5, 0.6) is 0 Å². The Bertz CT molecular complexity index is 688. The van der Waals surface area contributed by atoms with Crippen molar-refractivity contribution in [2.45, 2.75) is 96.2 Å². The van der Waals surface area contributed by atoms with Crippen LogP contribution in [0.2, 0.25) is 0 Å². The van der Waals surface area contributed by atoms with Crippen LogP contribution in [-0.2, 0) is 4.74 Å². The highest BCUT2D eigenvalue weighted by molar-refractivity contribution is 9.10.